The van der Waals surface area contributed by atoms with Crippen molar-refractivity contribution in [2.24, 2.45) is 0 Å². The van der Waals surface area contributed by atoms with Crippen molar-refractivity contribution in [1.29, 1.82) is 0 Å². The van der Waals surface area contributed by atoms with Crippen LogP contribution in [0.2, 0.25) is 0 Å². The molecule has 0 atom stereocenters. The second-order valence-corrected chi connectivity index (χ2v) is 4.42. The van der Waals surface area contributed by atoms with E-state index in [1.165, 1.54) is 5.56 Å². The van der Waals surface area contributed by atoms with E-state index in [-0.39, 0.29) is 26.5 Å². The van der Waals surface area contributed by atoms with E-state index in [9.17, 15) is 4.79 Å². The highest BCUT2D eigenvalue weighted by Crippen LogP contribution is 2.11. The molecule has 0 bridgehead atoms. The van der Waals surface area contributed by atoms with Crippen molar-refractivity contribution in [2.45, 2.75) is 11.4 Å². The predicted molar refractivity (Wildman–Crippen MR) is 61.3 cm³/mol. The van der Waals surface area contributed by atoms with E-state index in [4.69, 9.17) is 0 Å². The van der Waals surface area contributed by atoms with Gasteiger partial charge in [-0.3, -0.25) is 4.79 Å². The van der Waals surface area contributed by atoms with Crippen LogP contribution in [0.25, 0.3) is 0 Å². The third-order valence-corrected chi connectivity index (χ3v) is 3.00. The first kappa shape index (κ1) is 9.58. The monoisotopic (exact) mass is 274 g/mol. The molecule has 12 heavy (non-hydrogen) atoms. The molecule has 0 saturated heterocycles. The molecule has 0 aliphatic carbocycles. The Kier molecular flexibility index (Phi) is 3.59. The van der Waals surface area contributed by atoms with Gasteiger partial charge in [0.15, 0.2) is 5.78 Å². The molecule has 0 N–H and O–H groups in total. The third kappa shape index (κ3) is 2.52. The van der Waals surface area contributed by atoms with E-state index in [1.54, 1.807) is 6.92 Å². The molecule has 1 aromatic rings. The SMILES string of the molecule is C=ICc1cccc(C(C)=O)c1. The molecule has 0 amide bonds. The molecular weight excluding hydrogens is 263 g/mol. The average molecular weight is 274 g/mol. The van der Waals surface area contributed by atoms with Gasteiger partial charge < -0.3 is 0 Å². The molecule has 0 spiro atoms. The summed E-state index contributed by atoms with van der Waals surface area (Å²) in [7, 11) is 0. The van der Waals surface area contributed by atoms with E-state index >= 15 is 0 Å². The number of benzene rings is 1. The summed E-state index contributed by atoms with van der Waals surface area (Å²) in [6.45, 7) is 1.60. The van der Waals surface area contributed by atoms with Crippen LogP contribution in [-0.2, 0) is 4.43 Å². The Labute approximate surface area is 82.5 Å². The fourth-order valence-corrected chi connectivity index (χ4v) is 2.08. The minimum Gasteiger partial charge on any atom is -0.295 e. The highest BCUT2D eigenvalue weighted by Gasteiger charge is 1.98. The normalized spacial score (nSPS) is 9.75. The largest absolute Gasteiger partial charge is 0.295 e. The van der Waals surface area contributed by atoms with E-state index in [1.807, 2.05) is 18.2 Å². The molecule has 0 radical (unpaired) electrons. The number of rotatable bonds is 3. The average Bonchev–Trinajstić information content (AvgIpc) is 2.05. The summed E-state index contributed by atoms with van der Waals surface area (Å²) in [5.41, 5.74) is 2.05. The number of hydrogen-bond acceptors (Lipinski definition) is 1. The number of halogens is 1. The van der Waals surface area contributed by atoms with E-state index < -0.39 is 0 Å². The van der Waals surface area contributed by atoms with Gasteiger partial charge in [-0.2, -0.15) is 0 Å². The lowest BCUT2D eigenvalue weighted by Gasteiger charge is -1.98. The van der Waals surface area contributed by atoms with E-state index in [2.05, 4.69) is 10.6 Å². The Balaban J connectivity index is 2.95. The lowest BCUT2D eigenvalue weighted by atomic mass is 10.1. The Morgan fingerprint density at radius 1 is 1.58 bits per heavy atom. The van der Waals surface area contributed by atoms with Crippen LogP contribution in [0.5, 0.6) is 0 Å². The summed E-state index contributed by atoms with van der Waals surface area (Å²) >= 11 is 0.0349. The third-order valence-electron chi connectivity index (χ3n) is 1.58. The quantitative estimate of drug-likeness (QED) is 0.470. The van der Waals surface area contributed by atoms with Gasteiger partial charge in [-0.15, -0.1) is 20.7 Å². The zero-order valence-electron chi connectivity index (χ0n) is 7.01. The zero-order valence-corrected chi connectivity index (χ0v) is 9.17. The summed E-state index contributed by atoms with van der Waals surface area (Å²) in [4.78, 5) is 11.0. The van der Waals surface area contributed by atoms with Gasteiger partial charge in [0, 0.05) is 9.99 Å². The van der Waals surface area contributed by atoms with Crippen LogP contribution < -0.4 is 0 Å². The lowest BCUT2D eigenvalue weighted by molar-refractivity contribution is 0.101. The van der Waals surface area contributed by atoms with Crippen molar-refractivity contribution in [3.63, 3.8) is 0 Å². The van der Waals surface area contributed by atoms with Gasteiger partial charge in [-0.25, -0.2) is 0 Å². The summed E-state index contributed by atoms with van der Waals surface area (Å²) in [5.74, 6) is 0.138. The van der Waals surface area contributed by atoms with Gasteiger partial charge in [-0.1, -0.05) is 22.7 Å². The highest BCUT2D eigenvalue weighted by molar-refractivity contribution is 14.2. The van der Waals surface area contributed by atoms with Gasteiger partial charge in [0.25, 0.3) is 0 Å². The number of carbonyl (C=O) groups is 1. The number of ketones is 1. The zero-order chi connectivity index (χ0) is 8.97. The van der Waals surface area contributed by atoms with Crippen LogP contribution in [0.15, 0.2) is 24.3 Å². The Morgan fingerprint density at radius 2 is 2.33 bits per heavy atom. The first-order valence-corrected chi connectivity index (χ1v) is 6.71. The fraction of sp³-hybridized carbons (Fsp3) is 0.200. The molecule has 0 unspecified atom stereocenters. The molecule has 1 aromatic carbocycles. The molecule has 64 valence electrons. The molecule has 0 heterocycles. The van der Waals surface area contributed by atoms with E-state index in [0.717, 1.165) is 9.99 Å². The first-order valence-electron chi connectivity index (χ1n) is 3.66. The minimum atomic E-state index is 0.0349. The van der Waals surface area contributed by atoms with Gasteiger partial charge in [-0.05, 0) is 18.6 Å². The van der Waals surface area contributed by atoms with Crippen molar-refractivity contribution in [2.75, 3.05) is 0 Å². The summed E-state index contributed by atoms with van der Waals surface area (Å²) in [6, 6.07) is 7.81. The minimum absolute atomic E-state index is 0.0349. The Morgan fingerprint density at radius 3 is 2.92 bits per heavy atom. The second kappa shape index (κ2) is 4.50. The van der Waals surface area contributed by atoms with Crippen molar-refractivity contribution in [3.8, 4) is 0 Å². The first-order chi connectivity index (χ1) is 5.74. The fourth-order valence-electron chi connectivity index (χ4n) is 0.983. The maximum absolute atomic E-state index is 11.0. The second-order valence-electron chi connectivity index (χ2n) is 2.58. The highest BCUT2D eigenvalue weighted by atomic mass is 127. The summed E-state index contributed by atoms with van der Waals surface area (Å²) in [6.07, 6.45) is 0. The van der Waals surface area contributed by atoms with Gasteiger partial charge >= 0.3 is 0 Å². The van der Waals surface area contributed by atoms with Crippen LogP contribution in [0, 0.1) is 0 Å². The molecule has 0 aliphatic heterocycles. The van der Waals surface area contributed by atoms with Crippen molar-refractivity contribution in [1.82, 2.24) is 0 Å². The van der Waals surface area contributed by atoms with Crippen molar-refractivity contribution < 1.29 is 4.79 Å². The summed E-state index contributed by atoms with van der Waals surface area (Å²) in [5, 5.41) is 0. The van der Waals surface area contributed by atoms with Crippen LogP contribution in [0.4, 0.5) is 0 Å². The Hall–Kier alpha value is -0.510. The predicted octanol–water partition coefficient (Wildman–Crippen LogP) is 2.79. The van der Waals surface area contributed by atoms with Crippen LogP contribution >= 0.6 is 20.7 Å². The molecule has 0 fully saturated rings. The van der Waals surface area contributed by atoms with Gasteiger partial charge in [0.05, 0.1) is 0 Å². The van der Waals surface area contributed by atoms with Crippen molar-refractivity contribution in [3.05, 3.63) is 35.4 Å². The van der Waals surface area contributed by atoms with Crippen LogP contribution in [0.3, 0.4) is 0 Å². The standard InChI is InChI=1S/C10H11IO/c1-8(12)10-5-3-4-9(6-10)7-11-2/h3-6H,2,7H2,1H3. The molecule has 1 nitrogen and oxygen atoms in total. The van der Waals surface area contributed by atoms with E-state index in [0.29, 0.717) is 0 Å². The van der Waals surface area contributed by atoms with Gasteiger partial charge in [0.2, 0.25) is 0 Å². The molecule has 0 saturated carbocycles. The molecule has 0 aliphatic rings. The Bertz CT molecular complexity index is 304. The molecule has 0 aromatic heterocycles. The number of hydrogen-bond donors (Lipinski definition) is 0. The maximum atomic E-state index is 11.0. The maximum Gasteiger partial charge on any atom is 0.159 e. The smallest absolute Gasteiger partial charge is 0.159 e. The van der Waals surface area contributed by atoms with Crippen LogP contribution in [0.1, 0.15) is 22.8 Å². The lowest BCUT2D eigenvalue weighted by Crippen LogP contribution is -1.92. The number of Topliss-reactive ketones (excluding diaryl/α,β-unsaturated/α-hetero) is 1. The van der Waals surface area contributed by atoms with Gasteiger partial charge in [0.1, 0.15) is 0 Å². The van der Waals surface area contributed by atoms with Crippen molar-refractivity contribution >= 4 is 31.0 Å². The number of alkyl halides is 1. The summed E-state index contributed by atoms with van der Waals surface area (Å²) < 4.78 is 4.94. The van der Waals surface area contributed by atoms with Crippen LogP contribution in [-0.4, -0.2) is 10.3 Å². The molecular formula is C10H11IO. The molecule has 1 rings (SSSR count). The topological polar surface area (TPSA) is 17.1 Å². The molecule has 2 heteroatoms. The number of carbonyl (C=O) groups excluding carboxylic acids is 1.